The van der Waals surface area contributed by atoms with Crippen molar-refractivity contribution in [2.45, 2.75) is 59.0 Å². The number of hydrogen-bond donors (Lipinski definition) is 0. The Balaban J connectivity index is 2.64. The summed E-state index contributed by atoms with van der Waals surface area (Å²) in [5.41, 5.74) is 0. The van der Waals surface area contributed by atoms with Gasteiger partial charge in [0.1, 0.15) is 0 Å². The molecule has 2 heteroatoms. The van der Waals surface area contributed by atoms with Gasteiger partial charge in [0.25, 0.3) is 0 Å². The Labute approximate surface area is 81.3 Å². The summed E-state index contributed by atoms with van der Waals surface area (Å²) < 4.78 is 0. The van der Waals surface area contributed by atoms with Crippen LogP contribution >= 0.6 is 0 Å². The predicted octanol–water partition coefficient (Wildman–Crippen LogP) is 2.43. The molecule has 0 bridgehead atoms. The summed E-state index contributed by atoms with van der Waals surface area (Å²) in [6, 6.07) is 0.910. The molecule has 1 aliphatic heterocycles. The average Bonchev–Trinajstić information content (AvgIpc) is 2.44. The minimum atomic E-state index is 0.197. The fourth-order valence-electron chi connectivity index (χ4n) is 2.06. The molecule has 1 saturated heterocycles. The first kappa shape index (κ1) is 10.6. The second-order valence-electron chi connectivity index (χ2n) is 4.33. The first-order valence-corrected chi connectivity index (χ1v) is 5.40. The van der Waals surface area contributed by atoms with Crippen LogP contribution in [0.4, 0.5) is 0 Å². The standard InChI is InChI=1S/C11H21NO/c1-5-8(2)11(13)12-9(3)6-7-10(12)4/h8-10H,5-7H2,1-4H3/t8?,9-,10-/m0/s1. The molecule has 3 atom stereocenters. The molecule has 76 valence electrons. The SMILES string of the molecule is CCC(C)C(=O)N1[C@@H](C)CC[C@@H]1C. The Bertz CT molecular complexity index is 181. The Morgan fingerprint density at radius 3 is 2.23 bits per heavy atom. The molecule has 1 heterocycles. The van der Waals surface area contributed by atoms with Crippen LogP contribution in [0.25, 0.3) is 0 Å². The minimum Gasteiger partial charge on any atom is -0.337 e. The zero-order chi connectivity index (χ0) is 10.0. The molecular weight excluding hydrogens is 162 g/mol. The highest BCUT2D eigenvalue weighted by Crippen LogP contribution is 2.25. The van der Waals surface area contributed by atoms with E-state index in [0.717, 1.165) is 6.42 Å². The van der Waals surface area contributed by atoms with E-state index in [1.165, 1.54) is 12.8 Å². The van der Waals surface area contributed by atoms with Gasteiger partial charge in [0, 0.05) is 18.0 Å². The second kappa shape index (κ2) is 4.12. The number of likely N-dealkylation sites (tertiary alicyclic amines) is 1. The number of carbonyl (C=O) groups excluding carboxylic acids is 1. The van der Waals surface area contributed by atoms with Crippen LogP contribution in [-0.2, 0) is 4.79 Å². The van der Waals surface area contributed by atoms with Crippen LogP contribution in [0.1, 0.15) is 47.0 Å². The molecule has 2 nitrogen and oxygen atoms in total. The first-order valence-electron chi connectivity index (χ1n) is 5.40. The maximum atomic E-state index is 11.9. The summed E-state index contributed by atoms with van der Waals surface area (Å²) in [5, 5.41) is 0. The van der Waals surface area contributed by atoms with Crippen molar-refractivity contribution in [3.63, 3.8) is 0 Å². The number of nitrogens with zero attached hydrogens (tertiary/aromatic N) is 1. The van der Waals surface area contributed by atoms with Crippen LogP contribution in [0.2, 0.25) is 0 Å². The fraction of sp³-hybridized carbons (Fsp3) is 0.909. The molecule has 0 radical (unpaired) electrons. The van der Waals surface area contributed by atoms with E-state index in [2.05, 4.69) is 25.7 Å². The Hall–Kier alpha value is -0.530. The van der Waals surface area contributed by atoms with Gasteiger partial charge in [-0.2, -0.15) is 0 Å². The van der Waals surface area contributed by atoms with E-state index in [1.54, 1.807) is 0 Å². The van der Waals surface area contributed by atoms with Gasteiger partial charge in [-0.25, -0.2) is 0 Å². The number of rotatable bonds is 2. The lowest BCUT2D eigenvalue weighted by Gasteiger charge is -2.28. The number of amides is 1. The number of carbonyl (C=O) groups is 1. The van der Waals surface area contributed by atoms with E-state index in [-0.39, 0.29) is 5.92 Å². The van der Waals surface area contributed by atoms with E-state index < -0.39 is 0 Å². The Morgan fingerprint density at radius 2 is 1.85 bits per heavy atom. The topological polar surface area (TPSA) is 20.3 Å². The molecule has 0 aromatic heterocycles. The first-order chi connectivity index (χ1) is 6.07. The van der Waals surface area contributed by atoms with E-state index in [0.29, 0.717) is 18.0 Å². The second-order valence-corrected chi connectivity index (χ2v) is 4.33. The van der Waals surface area contributed by atoms with Crippen LogP contribution < -0.4 is 0 Å². The van der Waals surface area contributed by atoms with Gasteiger partial charge in [0.05, 0.1) is 0 Å². The van der Waals surface area contributed by atoms with Crippen molar-refractivity contribution in [1.82, 2.24) is 4.90 Å². The molecule has 1 aliphatic rings. The molecule has 0 aromatic rings. The van der Waals surface area contributed by atoms with Crippen molar-refractivity contribution >= 4 is 5.91 Å². The van der Waals surface area contributed by atoms with Gasteiger partial charge < -0.3 is 4.90 Å². The normalized spacial score (nSPS) is 30.6. The highest BCUT2D eigenvalue weighted by Gasteiger charge is 2.32. The molecule has 0 spiro atoms. The molecule has 13 heavy (non-hydrogen) atoms. The molecule has 1 fully saturated rings. The van der Waals surface area contributed by atoms with Crippen molar-refractivity contribution in [3.8, 4) is 0 Å². The Kier molecular flexibility index (Phi) is 3.34. The van der Waals surface area contributed by atoms with Gasteiger partial charge in [-0.05, 0) is 33.1 Å². The molecule has 0 saturated carbocycles. The maximum absolute atomic E-state index is 11.9. The van der Waals surface area contributed by atoms with Gasteiger partial charge >= 0.3 is 0 Å². The van der Waals surface area contributed by atoms with Gasteiger partial charge in [-0.15, -0.1) is 0 Å². The van der Waals surface area contributed by atoms with Crippen molar-refractivity contribution in [2.75, 3.05) is 0 Å². The molecule has 0 aliphatic carbocycles. The fourth-order valence-corrected chi connectivity index (χ4v) is 2.06. The van der Waals surface area contributed by atoms with E-state index in [9.17, 15) is 4.79 Å². The highest BCUT2D eigenvalue weighted by atomic mass is 16.2. The third-order valence-corrected chi connectivity index (χ3v) is 3.24. The van der Waals surface area contributed by atoms with Crippen LogP contribution in [0.15, 0.2) is 0 Å². The lowest BCUT2D eigenvalue weighted by Crippen LogP contribution is -2.41. The van der Waals surface area contributed by atoms with Crippen molar-refractivity contribution < 1.29 is 4.79 Å². The van der Waals surface area contributed by atoms with Crippen LogP contribution in [0.3, 0.4) is 0 Å². The average molecular weight is 183 g/mol. The predicted molar refractivity (Wildman–Crippen MR) is 54.5 cm³/mol. The zero-order valence-electron chi connectivity index (χ0n) is 9.21. The molecule has 1 unspecified atom stereocenters. The summed E-state index contributed by atoms with van der Waals surface area (Å²) in [6.45, 7) is 8.42. The Morgan fingerprint density at radius 1 is 1.38 bits per heavy atom. The van der Waals surface area contributed by atoms with Gasteiger partial charge in [0.2, 0.25) is 5.91 Å². The summed E-state index contributed by atoms with van der Waals surface area (Å²) >= 11 is 0. The molecule has 0 N–H and O–H groups in total. The summed E-state index contributed by atoms with van der Waals surface area (Å²) in [7, 11) is 0. The van der Waals surface area contributed by atoms with E-state index >= 15 is 0 Å². The summed E-state index contributed by atoms with van der Waals surface area (Å²) in [4.78, 5) is 14.0. The summed E-state index contributed by atoms with van der Waals surface area (Å²) in [6.07, 6.45) is 3.29. The van der Waals surface area contributed by atoms with Crippen molar-refractivity contribution in [3.05, 3.63) is 0 Å². The number of hydrogen-bond acceptors (Lipinski definition) is 1. The van der Waals surface area contributed by atoms with Crippen LogP contribution in [0.5, 0.6) is 0 Å². The largest absolute Gasteiger partial charge is 0.337 e. The third kappa shape index (κ3) is 2.04. The molecule has 1 rings (SSSR count). The lowest BCUT2D eigenvalue weighted by molar-refractivity contribution is -0.137. The van der Waals surface area contributed by atoms with Gasteiger partial charge in [-0.1, -0.05) is 13.8 Å². The highest BCUT2D eigenvalue weighted by molar-refractivity contribution is 5.79. The van der Waals surface area contributed by atoms with Gasteiger partial charge in [-0.3, -0.25) is 4.79 Å². The zero-order valence-corrected chi connectivity index (χ0v) is 9.21. The minimum absolute atomic E-state index is 0.197. The third-order valence-electron chi connectivity index (χ3n) is 3.24. The van der Waals surface area contributed by atoms with Gasteiger partial charge in [0.15, 0.2) is 0 Å². The summed E-state index contributed by atoms with van der Waals surface area (Å²) in [5.74, 6) is 0.544. The van der Waals surface area contributed by atoms with E-state index in [1.807, 2.05) is 6.92 Å². The smallest absolute Gasteiger partial charge is 0.225 e. The molecule has 0 aromatic carbocycles. The monoisotopic (exact) mass is 183 g/mol. The maximum Gasteiger partial charge on any atom is 0.225 e. The van der Waals surface area contributed by atoms with Crippen molar-refractivity contribution in [1.29, 1.82) is 0 Å². The van der Waals surface area contributed by atoms with Crippen LogP contribution in [0, 0.1) is 5.92 Å². The van der Waals surface area contributed by atoms with Crippen molar-refractivity contribution in [2.24, 2.45) is 5.92 Å². The quantitative estimate of drug-likeness (QED) is 0.644. The molecule has 1 amide bonds. The van der Waals surface area contributed by atoms with Crippen LogP contribution in [-0.4, -0.2) is 22.9 Å². The lowest BCUT2D eigenvalue weighted by atomic mass is 10.1. The van der Waals surface area contributed by atoms with E-state index in [4.69, 9.17) is 0 Å². The molecular formula is C11H21NO.